The normalized spacial score (nSPS) is 35.6. The lowest BCUT2D eigenvalue weighted by Crippen LogP contribution is -2.29. The van der Waals surface area contributed by atoms with Gasteiger partial charge >= 0.3 is 0 Å². The molecule has 0 saturated carbocycles. The first kappa shape index (κ1) is 8.79. The lowest BCUT2D eigenvalue weighted by Gasteiger charge is -2.28. The molecular formula is C10H18O. The number of ether oxygens (including phenoxy) is 1. The predicted octanol–water partition coefficient (Wildman–Crippen LogP) is 2.91. The van der Waals surface area contributed by atoms with Gasteiger partial charge in [-0.1, -0.05) is 6.58 Å². The largest absolute Gasteiger partial charge is 0.365 e. The molecule has 1 saturated heterocycles. The van der Waals surface area contributed by atoms with Crippen LogP contribution in [0.5, 0.6) is 0 Å². The van der Waals surface area contributed by atoms with Gasteiger partial charge in [0.05, 0.1) is 11.2 Å². The van der Waals surface area contributed by atoms with Crippen molar-refractivity contribution in [2.24, 2.45) is 0 Å². The molecule has 0 aromatic heterocycles. The molecule has 1 atom stereocenters. The van der Waals surface area contributed by atoms with Crippen molar-refractivity contribution in [3.8, 4) is 0 Å². The van der Waals surface area contributed by atoms with Crippen molar-refractivity contribution in [1.29, 1.82) is 0 Å². The summed E-state index contributed by atoms with van der Waals surface area (Å²) in [6.07, 6.45) is 2.24. The summed E-state index contributed by atoms with van der Waals surface area (Å²) in [5.41, 5.74) is 1.13. The second-order valence-corrected chi connectivity index (χ2v) is 4.37. The summed E-state index contributed by atoms with van der Waals surface area (Å²) in [6.45, 7) is 12.4. The van der Waals surface area contributed by atoms with Crippen LogP contribution in [0.2, 0.25) is 0 Å². The van der Waals surface area contributed by atoms with Crippen LogP contribution in [-0.2, 0) is 4.74 Å². The zero-order valence-corrected chi connectivity index (χ0v) is 8.03. The fourth-order valence-corrected chi connectivity index (χ4v) is 1.55. The van der Waals surface area contributed by atoms with Gasteiger partial charge in [-0.25, -0.2) is 0 Å². The molecule has 0 aromatic rings. The fourth-order valence-electron chi connectivity index (χ4n) is 1.55. The predicted molar refractivity (Wildman–Crippen MR) is 47.6 cm³/mol. The molecule has 0 aromatic carbocycles. The van der Waals surface area contributed by atoms with E-state index in [4.69, 9.17) is 4.74 Å². The average molecular weight is 154 g/mol. The minimum Gasteiger partial charge on any atom is -0.365 e. The van der Waals surface area contributed by atoms with Gasteiger partial charge in [-0.05, 0) is 46.1 Å². The SMILES string of the molecule is C=C(C)C1(C)CCC(C)(C)O1. The highest BCUT2D eigenvalue weighted by Crippen LogP contribution is 2.40. The minimum absolute atomic E-state index is 0.0493. The summed E-state index contributed by atoms with van der Waals surface area (Å²) in [5.74, 6) is 0. The van der Waals surface area contributed by atoms with Crippen molar-refractivity contribution in [1.82, 2.24) is 0 Å². The van der Waals surface area contributed by atoms with Crippen LogP contribution in [0.15, 0.2) is 12.2 Å². The summed E-state index contributed by atoms with van der Waals surface area (Å²) >= 11 is 0. The van der Waals surface area contributed by atoms with E-state index in [2.05, 4.69) is 27.4 Å². The maximum Gasteiger partial charge on any atom is 0.0866 e. The second-order valence-electron chi connectivity index (χ2n) is 4.37. The molecule has 1 rings (SSSR count). The fraction of sp³-hybridized carbons (Fsp3) is 0.800. The van der Waals surface area contributed by atoms with E-state index in [0.717, 1.165) is 18.4 Å². The Morgan fingerprint density at radius 3 is 2.00 bits per heavy atom. The van der Waals surface area contributed by atoms with Crippen molar-refractivity contribution < 1.29 is 4.74 Å². The standard InChI is InChI=1S/C10H18O/c1-8(2)10(5)7-6-9(3,4)11-10/h1,6-7H2,2-5H3. The molecule has 0 spiro atoms. The van der Waals surface area contributed by atoms with Crippen molar-refractivity contribution in [2.75, 3.05) is 0 Å². The summed E-state index contributed by atoms with van der Waals surface area (Å²) in [5, 5.41) is 0. The molecule has 64 valence electrons. The van der Waals surface area contributed by atoms with Gasteiger partial charge in [0.1, 0.15) is 0 Å². The van der Waals surface area contributed by atoms with Gasteiger partial charge in [-0.15, -0.1) is 0 Å². The lowest BCUT2D eigenvalue weighted by atomic mass is 9.94. The van der Waals surface area contributed by atoms with E-state index >= 15 is 0 Å². The van der Waals surface area contributed by atoms with Crippen LogP contribution in [0.3, 0.4) is 0 Å². The van der Waals surface area contributed by atoms with Crippen LogP contribution in [0, 0.1) is 0 Å². The lowest BCUT2D eigenvalue weighted by molar-refractivity contribution is -0.0540. The molecule has 0 aliphatic carbocycles. The van der Waals surface area contributed by atoms with E-state index in [0.29, 0.717) is 0 Å². The van der Waals surface area contributed by atoms with Gasteiger partial charge in [-0.3, -0.25) is 0 Å². The van der Waals surface area contributed by atoms with E-state index in [1.165, 1.54) is 0 Å². The molecule has 1 nitrogen and oxygen atoms in total. The number of hydrogen-bond donors (Lipinski definition) is 0. The Kier molecular flexibility index (Phi) is 1.87. The van der Waals surface area contributed by atoms with Crippen LogP contribution in [0.4, 0.5) is 0 Å². The third-order valence-electron chi connectivity index (χ3n) is 2.61. The maximum atomic E-state index is 5.90. The Morgan fingerprint density at radius 1 is 1.27 bits per heavy atom. The molecule has 1 heterocycles. The monoisotopic (exact) mass is 154 g/mol. The van der Waals surface area contributed by atoms with Crippen molar-refractivity contribution in [2.45, 2.75) is 51.7 Å². The van der Waals surface area contributed by atoms with Gasteiger partial charge in [0.2, 0.25) is 0 Å². The number of rotatable bonds is 1. The van der Waals surface area contributed by atoms with E-state index in [-0.39, 0.29) is 11.2 Å². The molecule has 1 heteroatoms. The third-order valence-corrected chi connectivity index (χ3v) is 2.61. The van der Waals surface area contributed by atoms with Crippen LogP contribution in [0.1, 0.15) is 40.5 Å². The van der Waals surface area contributed by atoms with Crippen molar-refractivity contribution >= 4 is 0 Å². The molecule has 0 bridgehead atoms. The smallest absolute Gasteiger partial charge is 0.0866 e. The van der Waals surface area contributed by atoms with Gasteiger partial charge < -0.3 is 4.74 Å². The quantitative estimate of drug-likeness (QED) is 0.528. The highest BCUT2D eigenvalue weighted by Gasteiger charge is 2.40. The zero-order chi connectivity index (χ0) is 8.70. The highest BCUT2D eigenvalue weighted by atomic mass is 16.5. The Morgan fingerprint density at radius 2 is 1.82 bits per heavy atom. The van der Waals surface area contributed by atoms with Gasteiger partial charge in [-0.2, -0.15) is 0 Å². The maximum absolute atomic E-state index is 5.90. The Bertz CT molecular complexity index is 181. The summed E-state index contributed by atoms with van der Waals surface area (Å²) < 4.78 is 5.90. The average Bonchev–Trinajstić information content (AvgIpc) is 2.08. The Balaban J connectivity index is 2.73. The first-order valence-electron chi connectivity index (χ1n) is 4.22. The van der Waals surface area contributed by atoms with Crippen LogP contribution >= 0.6 is 0 Å². The molecule has 1 fully saturated rings. The van der Waals surface area contributed by atoms with Crippen LogP contribution < -0.4 is 0 Å². The van der Waals surface area contributed by atoms with Gasteiger partial charge in [0.25, 0.3) is 0 Å². The van der Waals surface area contributed by atoms with E-state index in [9.17, 15) is 0 Å². The molecule has 0 radical (unpaired) electrons. The van der Waals surface area contributed by atoms with E-state index in [1.54, 1.807) is 0 Å². The molecular weight excluding hydrogens is 136 g/mol. The summed E-state index contributed by atoms with van der Waals surface area (Å²) in [6, 6.07) is 0. The molecule has 0 N–H and O–H groups in total. The van der Waals surface area contributed by atoms with Crippen LogP contribution in [0.25, 0.3) is 0 Å². The summed E-state index contributed by atoms with van der Waals surface area (Å²) in [7, 11) is 0. The molecule has 1 aliphatic heterocycles. The minimum atomic E-state index is -0.0660. The Hall–Kier alpha value is -0.300. The third kappa shape index (κ3) is 1.64. The second kappa shape index (κ2) is 2.34. The van der Waals surface area contributed by atoms with Gasteiger partial charge in [0.15, 0.2) is 0 Å². The molecule has 1 aliphatic rings. The van der Waals surface area contributed by atoms with Crippen molar-refractivity contribution in [3.05, 3.63) is 12.2 Å². The summed E-state index contributed by atoms with van der Waals surface area (Å²) in [4.78, 5) is 0. The Labute approximate surface area is 69.4 Å². The highest BCUT2D eigenvalue weighted by molar-refractivity contribution is 5.12. The zero-order valence-electron chi connectivity index (χ0n) is 8.03. The van der Waals surface area contributed by atoms with E-state index in [1.807, 2.05) is 6.92 Å². The first-order chi connectivity index (χ1) is 4.86. The number of hydrogen-bond acceptors (Lipinski definition) is 1. The molecule has 0 amide bonds. The van der Waals surface area contributed by atoms with Gasteiger partial charge in [0, 0.05) is 0 Å². The molecule has 1 unspecified atom stereocenters. The van der Waals surface area contributed by atoms with Crippen LogP contribution in [-0.4, -0.2) is 11.2 Å². The topological polar surface area (TPSA) is 9.23 Å². The van der Waals surface area contributed by atoms with Crippen molar-refractivity contribution in [3.63, 3.8) is 0 Å². The first-order valence-corrected chi connectivity index (χ1v) is 4.22. The molecule has 11 heavy (non-hydrogen) atoms. The van der Waals surface area contributed by atoms with E-state index < -0.39 is 0 Å².